The van der Waals surface area contributed by atoms with E-state index in [1.165, 1.54) is 5.56 Å². The summed E-state index contributed by atoms with van der Waals surface area (Å²) in [5.74, 6) is 2.08. The first-order chi connectivity index (χ1) is 9.12. The summed E-state index contributed by atoms with van der Waals surface area (Å²) in [4.78, 5) is 0. The van der Waals surface area contributed by atoms with Crippen molar-refractivity contribution in [2.75, 3.05) is 19.5 Å². The minimum absolute atomic E-state index is 0.129. The molecule has 4 heteroatoms. The van der Waals surface area contributed by atoms with Crippen molar-refractivity contribution in [3.63, 3.8) is 0 Å². The number of hydrogen-bond acceptors (Lipinski definition) is 4. The van der Waals surface area contributed by atoms with Crippen molar-refractivity contribution in [2.45, 2.75) is 31.6 Å². The molecule has 1 rings (SSSR count). The lowest BCUT2D eigenvalue weighted by molar-refractivity contribution is 0.250. The van der Waals surface area contributed by atoms with Crippen molar-refractivity contribution in [2.24, 2.45) is 11.7 Å². The number of thioether (sulfide) groups is 1. The lowest BCUT2D eigenvalue weighted by atomic mass is 10.0. The molecule has 3 N–H and O–H groups in total. The molecule has 0 saturated heterocycles. The van der Waals surface area contributed by atoms with Crippen molar-refractivity contribution >= 4 is 11.8 Å². The molecule has 0 radical (unpaired) electrons. The van der Waals surface area contributed by atoms with Crippen LogP contribution in [0.4, 0.5) is 0 Å². The van der Waals surface area contributed by atoms with Gasteiger partial charge in [0.25, 0.3) is 0 Å². The minimum atomic E-state index is 0.129. The van der Waals surface area contributed by atoms with Crippen LogP contribution in [-0.2, 0) is 0 Å². The van der Waals surface area contributed by atoms with Crippen LogP contribution in [0.25, 0.3) is 0 Å². The third-order valence-electron chi connectivity index (χ3n) is 3.18. The van der Waals surface area contributed by atoms with Gasteiger partial charge in [-0.15, -0.1) is 0 Å². The molecule has 0 spiro atoms. The zero-order valence-electron chi connectivity index (χ0n) is 12.0. The number of benzene rings is 1. The second-order valence-corrected chi connectivity index (χ2v) is 6.06. The maximum absolute atomic E-state index is 9.12. The maximum atomic E-state index is 9.12. The van der Waals surface area contributed by atoms with Gasteiger partial charge in [-0.2, -0.15) is 11.8 Å². The molecular formula is C15H25NO2S. The molecule has 0 saturated carbocycles. The second kappa shape index (κ2) is 8.46. The zero-order chi connectivity index (χ0) is 14.3. The maximum Gasteiger partial charge on any atom is 0.118 e. The number of methoxy groups -OCH3 is 1. The van der Waals surface area contributed by atoms with E-state index in [1.807, 2.05) is 23.9 Å². The molecule has 108 valence electrons. The average molecular weight is 283 g/mol. The van der Waals surface area contributed by atoms with E-state index in [0.29, 0.717) is 5.92 Å². The van der Waals surface area contributed by atoms with Gasteiger partial charge in [-0.05, 0) is 35.8 Å². The van der Waals surface area contributed by atoms with E-state index in [-0.39, 0.29) is 17.9 Å². The third kappa shape index (κ3) is 5.05. The van der Waals surface area contributed by atoms with E-state index < -0.39 is 0 Å². The molecule has 0 heterocycles. The van der Waals surface area contributed by atoms with E-state index in [9.17, 15) is 0 Å². The minimum Gasteiger partial charge on any atom is -0.497 e. The normalized spacial score (nSPS) is 15.8. The summed E-state index contributed by atoms with van der Waals surface area (Å²) >= 11 is 1.83. The summed E-state index contributed by atoms with van der Waals surface area (Å²) in [6.45, 7) is 4.39. The zero-order valence-corrected chi connectivity index (χ0v) is 12.8. The Labute approximate surface area is 120 Å². The van der Waals surface area contributed by atoms with Crippen LogP contribution in [0, 0.1) is 5.92 Å². The topological polar surface area (TPSA) is 55.5 Å². The monoisotopic (exact) mass is 283 g/mol. The Hall–Kier alpha value is -0.710. The Kier molecular flexibility index (Phi) is 7.28. The largest absolute Gasteiger partial charge is 0.497 e. The summed E-state index contributed by atoms with van der Waals surface area (Å²) in [5, 5.41) is 9.39. The summed E-state index contributed by atoms with van der Waals surface area (Å²) < 4.78 is 5.18. The predicted octanol–water partition coefficient (Wildman–Crippen LogP) is 2.84. The molecule has 1 aromatic carbocycles. The van der Waals surface area contributed by atoms with Crippen LogP contribution in [0.15, 0.2) is 24.3 Å². The summed E-state index contributed by atoms with van der Waals surface area (Å²) in [6.07, 6.45) is 0.942. The van der Waals surface area contributed by atoms with Gasteiger partial charge in [0.05, 0.1) is 7.11 Å². The molecule has 0 bridgehead atoms. The van der Waals surface area contributed by atoms with Crippen LogP contribution in [0.3, 0.4) is 0 Å². The lowest BCUT2D eigenvalue weighted by Crippen LogP contribution is -2.26. The quantitative estimate of drug-likeness (QED) is 0.770. The molecule has 0 amide bonds. The van der Waals surface area contributed by atoms with E-state index in [0.717, 1.165) is 17.9 Å². The van der Waals surface area contributed by atoms with Gasteiger partial charge in [0, 0.05) is 17.9 Å². The number of aliphatic hydroxyl groups excluding tert-OH is 1. The molecular weight excluding hydrogens is 258 g/mol. The first kappa shape index (κ1) is 16.3. The first-order valence-electron chi connectivity index (χ1n) is 6.74. The third-order valence-corrected chi connectivity index (χ3v) is 4.92. The number of rotatable bonds is 8. The van der Waals surface area contributed by atoms with Gasteiger partial charge in [-0.3, -0.25) is 0 Å². The van der Waals surface area contributed by atoms with Crippen molar-refractivity contribution < 1.29 is 9.84 Å². The number of hydrogen-bond donors (Lipinski definition) is 2. The SMILES string of the molecule is CCC(N)C(SCC(C)CO)c1ccc(OC)cc1. The molecule has 3 nitrogen and oxygen atoms in total. The van der Waals surface area contributed by atoms with Crippen molar-refractivity contribution in [3.05, 3.63) is 29.8 Å². The van der Waals surface area contributed by atoms with Gasteiger partial charge < -0.3 is 15.6 Å². The highest BCUT2D eigenvalue weighted by Crippen LogP contribution is 2.34. The first-order valence-corrected chi connectivity index (χ1v) is 7.79. The second-order valence-electron chi connectivity index (χ2n) is 4.89. The van der Waals surface area contributed by atoms with Gasteiger partial charge in [0.1, 0.15) is 5.75 Å². The summed E-state index contributed by atoms with van der Waals surface area (Å²) in [5.41, 5.74) is 7.46. The Bertz CT molecular complexity index is 356. The summed E-state index contributed by atoms with van der Waals surface area (Å²) in [6, 6.07) is 8.23. The number of nitrogens with two attached hydrogens (primary N) is 1. The van der Waals surface area contributed by atoms with Crippen molar-refractivity contribution in [1.29, 1.82) is 0 Å². The molecule has 0 aromatic heterocycles. The highest BCUT2D eigenvalue weighted by Gasteiger charge is 2.20. The molecule has 0 aliphatic heterocycles. The smallest absolute Gasteiger partial charge is 0.118 e. The van der Waals surface area contributed by atoms with Crippen LogP contribution in [0.2, 0.25) is 0 Å². The van der Waals surface area contributed by atoms with E-state index >= 15 is 0 Å². The van der Waals surface area contributed by atoms with Crippen LogP contribution < -0.4 is 10.5 Å². The molecule has 0 fully saturated rings. The Balaban J connectivity index is 2.77. The number of aliphatic hydroxyl groups is 1. The van der Waals surface area contributed by atoms with Crippen molar-refractivity contribution in [3.8, 4) is 5.75 Å². The van der Waals surface area contributed by atoms with E-state index in [4.69, 9.17) is 15.6 Å². The molecule has 3 unspecified atom stereocenters. The molecule has 0 aliphatic rings. The van der Waals surface area contributed by atoms with Crippen LogP contribution >= 0.6 is 11.8 Å². The highest BCUT2D eigenvalue weighted by atomic mass is 32.2. The van der Waals surface area contributed by atoms with Crippen LogP contribution in [-0.4, -0.2) is 30.6 Å². The standard InChI is InChI=1S/C15H25NO2S/c1-4-14(16)15(19-10-11(2)9-17)12-5-7-13(18-3)8-6-12/h5-8,11,14-15,17H,4,9-10,16H2,1-3H3. The van der Waals surface area contributed by atoms with Gasteiger partial charge in [-0.1, -0.05) is 26.0 Å². The Morgan fingerprint density at radius 1 is 1.32 bits per heavy atom. The fourth-order valence-corrected chi connectivity index (χ4v) is 3.23. The van der Waals surface area contributed by atoms with E-state index in [1.54, 1.807) is 7.11 Å². The summed E-state index contributed by atoms with van der Waals surface area (Å²) in [7, 11) is 1.67. The highest BCUT2D eigenvalue weighted by molar-refractivity contribution is 7.99. The lowest BCUT2D eigenvalue weighted by Gasteiger charge is -2.24. The predicted molar refractivity (Wildman–Crippen MR) is 82.7 cm³/mol. The molecule has 3 atom stereocenters. The van der Waals surface area contributed by atoms with Gasteiger partial charge in [-0.25, -0.2) is 0 Å². The fraction of sp³-hybridized carbons (Fsp3) is 0.600. The van der Waals surface area contributed by atoms with Crippen LogP contribution in [0.5, 0.6) is 5.75 Å². The van der Waals surface area contributed by atoms with Gasteiger partial charge in [0.15, 0.2) is 0 Å². The van der Waals surface area contributed by atoms with Crippen LogP contribution in [0.1, 0.15) is 31.1 Å². The molecule has 0 aliphatic carbocycles. The van der Waals surface area contributed by atoms with Gasteiger partial charge >= 0.3 is 0 Å². The fourth-order valence-electron chi connectivity index (χ4n) is 1.80. The average Bonchev–Trinajstić information content (AvgIpc) is 2.47. The molecule has 19 heavy (non-hydrogen) atoms. The Morgan fingerprint density at radius 3 is 2.42 bits per heavy atom. The van der Waals surface area contributed by atoms with E-state index in [2.05, 4.69) is 26.0 Å². The Morgan fingerprint density at radius 2 is 1.95 bits per heavy atom. The van der Waals surface area contributed by atoms with Crippen molar-refractivity contribution in [1.82, 2.24) is 0 Å². The molecule has 1 aromatic rings. The van der Waals surface area contributed by atoms with Gasteiger partial charge in [0.2, 0.25) is 0 Å². The number of ether oxygens (including phenoxy) is 1.